The number of ether oxygens (including phenoxy) is 1. The van der Waals surface area contributed by atoms with Gasteiger partial charge in [-0.15, -0.1) is 0 Å². The normalized spacial score (nSPS) is 16.1. The van der Waals surface area contributed by atoms with Crippen molar-refractivity contribution in [3.63, 3.8) is 0 Å². The van der Waals surface area contributed by atoms with Crippen molar-refractivity contribution in [3.05, 3.63) is 95.2 Å². The lowest BCUT2D eigenvalue weighted by Gasteiger charge is -2.37. The minimum absolute atomic E-state index is 0.395. The zero-order valence-electron chi connectivity index (χ0n) is 23.4. The number of nitrogens with zero attached hydrogens (tertiary/aromatic N) is 3. The third kappa shape index (κ3) is 5.28. The van der Waals surface area contributed by atoms with E-state index in [2.05, 4.69) is 103 Å². The molecule has 198 valence electrons. The zero-order valence-corrected chi connectivity index (χ0v) is 23.4. The van der Waals surface area contributed by atoms with E-state index in [9.17, 15) is 0 Å². The molecule has 0 amide bonds. The van der Waals surface area contributed by atoms with Crippen LogP contribution in [0.2, 0.25) is 0 Å². The summed E-state index contributed by atoms with van der Waals surface area (Å²) in [6.07, 6.45) is 5.98. The summed E-state index contributed by atoms with van der Waals surface area (Å²) in [6, 6.07) is 26.3. The maximum absolute atomic E-state index is 5.63. The van der Waals surface area contributed by atoms with E-state index in [0.717, 1.165) is 49.7 Å². The van der Waals surface area contributed by atoms with Gasteiger partial charge in [0.2, 0.25) is 0 Å². The molecule has 4 nitrogen and oxygen atoms in total. The highest BCUT2D eigenvalue weighted by Crippen LogP contribution is 2.39. The Bertz CT molecular complexity index is 1340. The number of aromatic nitrogens is 2. The fourth-order valence-corrected chi connectivity index (χ4v) is 5.96. The number of hydrogen-bond acceptors (Lipinski definition) is 3. The maximum atomic E-state index is 5.63. The first-order chi connectivity index (χ1) is 18.6. The second-order valence-electron chi connectivity index (χ2n) is 10.6. The van der Waals surface area contributed by atoms with Gasteiger partial charge in [0.05, 0.1) is 18.5 Å². The van der Waals surface area contributed by atoms with E-state index >= 15 is 0 Å². The van der Waals surface area contributed by atoms with Crippen LogP contribution >= 0.6 is 0 Å². The molecule has 1 saturated heterocycles. The molecule has 0 radical (unpaired) electrons. The molecule has 4 aromatic rings. The van der Waals surface area contributed by atoms with E-state index < -0.39 is 0 Å². The molecular weight excluding hydrogens is 466 g/mol. The monoisotopic (exact) mass is 507 g/mol. The number of piperidine rings is 1. The quantitative estimate of drug-likeness (QED) is 0.228. The molecule has 3 aromatic carbocycles. The predicted octanol–water partition coefficient (Wildman–Crippen LogP) is 8.37. The second kappa shape index (κ2) is 12.0. The molecule has 0 saturated carbocycles. The summed E-state index contributed by atoms with van der Waals surface area (Å²) in [6.45, 7) is 9.69. The molecule has 5 rings (SSSR count). The number of methoxy groups -OCH3 is 1. The van der Waals surface area contributed by atoms with Crippen molar-refractivity contribution in [2.45, 2.75) is 72.0 Å². The minimum Gasteiger partial charge on any atom is -0.496 e. The van der Waals surface area contributed by atoms with Crippen molar-refractivity contribution >= 4 is 0 Å². The van der Waals surface area contributed by atoms with Crippen LogP contribution in [0, 0.1) is 13.8 Å². The lowest BCUT2D eigenvalue weighted by molar-refractivity contribution is 0.136. The summed E-state index contributed by atoms with van der Waals surface area (Å²) in [4.78, 5) is 8.05. The molecule has 1 unspecified atom stereocenters. The fourth-order valence-electron chi connectivity index (χ4n) is 5.96. The predicted molar refractivity (Wildman–Crippen MR) is 157 cm³/mol. The minimum atomic E-state index is 0.395. The Morgan fingerprint density at radius 1 is 0.868 bits per heavy atom. The van der Waals surface area contributed by atoms with Crippen molar-refractivity contribution in [2.24, 2.45) is 0 Å². The zero-order chi connectivity index (χ0) is 26.5. The first-order valence-corrected chi connectivity index (χ1v) is 14.2. The van der Waals surface area contributed by atoms with Gasteiger partial charge in [-0.05, 0) is 62.4 Å². The number of hydrogen-bond donors (Lipinski definition) is 0. The summed E-state index contributed by atoms with van der Waals surface area (Å²) >= 11 is 0. The number of imidazole rings is 1. The summed E-state index contributed by atoms with van der Waals surface area (Å²) in [5.74, 6) is 2.06. The average Bonchev–Trinajstić information content (AvgIpc) is 3.32. The molecule has 38 heavy (non-hydrogen) atoms. The molecule has 0 bridgehead atoms. The van der Waals surface area contributed by atoms with Crippen molar-refractivity contribution < 1.29 is 4.74 Å². The topological polar surface area (TPSA) is 30.3 Å². The molecule has 1 aliphatic heterocycles. The first-order valence-electron chi connectivity index (χ1n) is 14.2. The molecule has 0 spiro atoms. The molecule has 4 heteroatoms. The largest absolute Gasteiger partial charge is 0.496 e. The van der Waals surface area contributed by atoms with Gasteiger partial charge < -0.3 is 9.30 Å². The van der Waals surface area contributed by atoms with Crippen LogP contribution in [0.3, 0.4) is 0 Å². The molecule has 1 aliphatic rings. The molecule has 0 aliphatic carbocycles. The van der Waals surface area contributed by atoms with Crippen LogP contribution in [0.4, 0.5) is 0 Å². The van der Waals surface area contributed by atoms with Crippen LogP contribution in [0.25, 0.3) is 22.6 Å². The number of likely N-dealkylation sites (tertiary alicyclic amines) is 1. The Hall–Kier alpha value is -3.37. The third-order valence-corrected chi connectivity index (χ3v) is 8.21. The summed E-state index contributed by atoms with van der Waals surface area (Å²) < 4.78 is 8.14. The summed E-state index contributed by atoms with van der Waals surface area (Å²) in [5.41, 5.74) is 8.87. The average molecular weight is 508 g/mol. The Kier molecular flexibility index (Phi) is 8.29. The molecule has 1 fully saturated rings. The van der Waals surface area contributed by atoms with Crippen LogP contribution in [-0.4, -0.2) is 28.1 Å². The maximum Gasteiger partial charge on any atom is 0.140 e. The van der Waals surface area contributed by atoms with Gasteiger partial charge >= 0.3 is 0 Å². The van der Waals surface area contributed by atoms with Crippen LogP contribution in [0.15, 0.2) is 72.8 Å². The van der Waals surface area contributed by atoms with Gasteiger partial charge in [-0.2, -0.15) is 0 Å². The Morgan fingerprint density at radius 3 is 2.26 bits per heavy atom. The van der Waals surface area contributed by atoms with Gasteiger partial charge in [-0.25, -0.2) is 4.98 Å². The van der Waals surface area contributed by atoms with E-state index in [1.165, 1.54) is 52.8 Å². The molecule has 2 heterocycles. The molecule has 1 aromatic heterocycles. The van der Waals surface area contributed by atoms with E-state index in [4.69, 9.17) is 9.72 Å². The van der Waals surface area contributed by atoms with Crippen LogP contribution in [0.5, 0.6) is 5.75 Å². The van der Waals surface area contributed by atoms with Crippen molar-refractivity contribution in [1.29, 1.82) is 0 Å². The van der Waals surface area contributed by atoms with Gasteiger partial charge in [-0.1, -0.05) is 86.5 Å². The highest BCUT2D eigenvalue weighted by atomic mass is 16.5. The summed E-state index contributed by atoms with van der Waals surface area (Å²) in [7, 11) is 1.77. The molecule has 0 N–H and O–H groups in total. The number of unbranched alkanes of at least 4 members (excludes halogenated alkanes) is 1. The third-order valence-electron chi connectivity index (χ3n) is 8.21. The van der Waals surface area contributed by atoms with E-state index in [0.29, 0.717) is 6.04 Å². The number of rotatable bonds is 9. The Balaban J connectivity index is 1.61. The van der Waals surface area contributed by atoms with Crippen LogP contribution in [-0.2, 0) is 13.1 Å². The summed E-state index contributed by atoms with van der Waals surface area (Å²) in [5, 5.41) is 0. The van der Waals surface area contributed by atoms with Gasteiger partial charge in [-0.3, -0.25) is 4.90 Å². The first kappa shape index (κ1) is 26.2. The van der Waals surface area contributed by atoms with Crippen LogP contribution < -0.4 is 4.74 Å². The molecular formula is C34H41N3O. The fraction of sp³-hybridized carbons (Fsp3) is 0.382. The number of benzene rings is 3. The van der Waals surface area contributed by atoms with Crippen molar-refractivity contribution in [2.75, 3.05) is 13.7 Å². The lowest BCUT2D eigenvalue weighted by Crippen LogP contribution is -2.34. The highest BCUT2D eigenvalue weighted by molar-refractivity contribution is 5.68. The lowest BCUT2D eigenvalue weighted by atomic mass is 9.90. The highest BCUT2D eigenvalue weighted by Gasteiger charge is 2.29. The van der Waals surface area contributed by atoms with E-state index in [-0.39, 0.29) is 0 Å². The SMILES string of the molecule is CCCCn1c(-c2ccccc2)nc(-c2ccccc2)c1CN1CCCCC1c1ccc(OC)c(C)c1C. The van der Waals surface area contributed by atoms with Gasteiger partial charge in [0.1, 0.15) is 11.6 Å². The second-order valence-corrected chi connectivity index (χ2v) is 10.6. The van der Waals surface area contributed by atoms with Gasteiger partial charge in [0.25, 0.3) is 0 Å². The van der Waals surface area contributed by atoms with E-state index in [1.807, 2.05) is 0 Å². The van der Waals surface area contributed by atoms with Crippen LogP contribution in [0.1, 0.15) is 67.5 Å². The smallest absolute Gasteiger partial charge is 0.140 e. The van der Waals surface area contributed by atoms with Crippen molar-refractivity contribution in [3.8, 4) is 28.4 Å². The van der Waals surface area contributed by atoms with E-state index in [1.54, 1.807) is 7.11 Å². The Labute approximate surface area is 228 Å². The molecule has 1 atom stereocenters. The standard InChI is InChI=1S/C34H41N3O/c1-5-6-23-37-31(33(27-15-9-7-10-16-27)35-34(37)28-17-11-8-12-18-28)24-36-22-14-13-19-30(36)29-20-21-32(38-4)26(3)25(29)2/h7-12,15-18,20-21,30H,5-6,13-14,19,22-24H2,1-4H3. The Morgan fingerprint density at radius 2 is 1.58 bits per heavy atom. The van der Waals surface area contributed by atoms with Gasteiger partial charge in [0.15, 0.2) is 0 Å². The van der Waals surface area contributed by atoms with Crippen molar-refractivity contribution in [1.82, 2.24) is 14.5 Å². The van der Waals surface area contributed by atoms with Gasteiger partial charge in [0, 0.05) is 30.3 Å².